The number of hydrogen-bond acceptors (Lipinski definition) is 1. The number of alkyl halides is 2. The number of benzene rings is 1. The Bertz CT molecular complexity index is 505. The molecule has 0 aliphatic heterocycles. The van der Waals surface area contributed by atoms with Gasteiger partial charge < -0.3 is 4.74 Å². The monoisotopic (exact) mass is 312 g/mol. The molecule has 22 heavy (non-hydrogen) atoms. The van der Waals surface area contributed by atoms with Gasteiger partial charge in [-0.25, -0.2) is 13.2 Å². The highest BCUT2D eigenvalue weighted by Crippen LogP contribution is 2.40. The molecule has 0 spiro atoms. The molecule has 2 rings (SSSR count). The van der Waals surface area contributed by atoms with Crippen molar-refractivity contribution in [1.82, 2.24) is 0 Å². The van der Waals surface area contributed by atoms with Gasteiger partial charge in [-0.05, 0) is 36.5 Å². The van der Waals surface area contributed by atoms with Crippen LogP contribution in [-0.4, -0.2) is 12.5 Å². The van der Waals surface area contributed by atoms with Crippen LogP contribution in [0.5, 0.6) is 5.75 Å². The van der Waals surface area contributed by atoms with Crippen LogP contribution >= 0.6 is 0 Å². The molecular formula is C18H23F3O. The van der Waals surface area contributed by atoms with Gasteiger partial charge in [0, 0.05) is 12.3 Å². The Morgan fingerprint density at radius 2 is 1.95 bits per heavy atom. The fourth-order valence-electron chi connectivity index (χ4n) is 2.94. The fraction of sp³-hybridized carbons (Fsp3) is 0.556. The van der Waals surface area contributed by atoms with E-state index in [0.29, 0.717) is 24.3 Å². The Balaban J connectivity index is 1.85. The number of rotatable bonds is 6. The normalized spacial score (nSPS) is 22.4. The first kappa shape index (κ1) is 16.9. The summed E-state index contributed by atoms with van der Waals surface area (Å²) in [6.07, 6.45) is 4.00. The van der Waals surface area contributed by atoms with Crippen LogP contribution in [0.15, 0.2) is 24.8 Å². The second-order valence-electron chi connectivity index (χ2n) is 6.21. The van der Waals surface area contributed by atoms with E-state index in [4.69, 9.17) is 4.74 Å². The van der Waals surface area contributed by atoms with Crippen LogP contribution < -0.4 is 4.74 Å². The van der Waals surface area contributed by atoms with Crippen molar-refractivity contribution in [3.63, 3.8) is 0 Å². The quantitative estimate of drug-likeness (QED) is 0.655. The van der Waals surface area contributed by atoms with Crippen molar-refractivity contribution in [3.8, 4) is 5.75 Å². The van der Waals surface area contributed by atoms with Crippen molar-refractivity contribution in [2.75, 3.05) is 6.61 Å². The third-order valence-electron chi connectivity index (χ3n) is 4.50. The largest absolute Gasteiger partial charge is 0.490 e. The van der Waals surface area contributed by atoms with E-state index in [-0.39, 0.29) is 18.8 Å². The van der Waals surface area contributed by atoms with Gasteiger partial charge in [0.1, 0.15) is 0 Å². The minimum atomic E-state index is -2.74. The minimum Gasteiger partial charge on any atom is -0.490 e. The molecule has 0 bridgehead atoms. The van der Waals surface area contributed by atoms with Crippen LogP contribution in [0.2, 0.25) is 0 Å². The van der Waals surface area contributed by atoms with Crippen LogP contribution in [0.3, 0.4) is 0 Å². The molecule has 1 aromatic rings. The minimum absolute atomic E-state index is 0.0127. The Morgan fingerprint density at radius 1 is 1.27 bits per heavy atom. The Hall–Kier alpha value is -1.45. The molecule has 0 aromatic heterocycles. The van der Waals surface area contributed by atoms with Gasteiger partial charge in [0.15, 0.2) is 11.6 Å². The summed E-state index contributed by atoms with van der Waals surface area (Å²) in [6.45, 7) is 5.47. The topological polar surface area (TPSA) is 9.23 Å². The average Bonchev–Trinajstić information content (AvgIpc) is 2.49. The Kier molecular flexibility index (Phi) is 5.54. The predicted octanol–water partition coefficient (Wildman–Crippen LogP) is 5.70. The van der Waals surface area contributed by atoms with E-state index in [1.165, 1.54) is 18.2 Å². The highest BCUT2D eigenvalue weighted by molar-refractivity contribution is 5.48. The van der Waals surface area contributed by atoms with Gasteiger partial charge in [-0.1, -0.05) is 38.5 Å². The fourth-order valence-corrected chi connectivity index (χ4v) is 2.94. The van der Waals surface area contributed by atoms with E-state index in [1.54, 1.807) is 6.07 Å². The van der Waals surface area contributed by atoms with E-state index in [1.807, 2.05) is 0 Å². The van der Waals surface area contributed by atoms with Gasteiger partial charge in [0.05, 0.1) is 6.61 Å². The van der Waals surface area contributed by atoms with E-state index in [0.717, 1.165) is 12.8 Å². The summed E-state index contributed by atoms with van der Waals surface area (Å²) in [6, 6.07) is 4.38. The zero-order chi connectivity index (χ0) is 16.2. The maximum Gasteiger partial charge on any atom is 0.254 e. The van der Waals surface area contributed by atoms with Crippen LogP contribution in [0, 0.1) is 17.7 Å². The smallest absolute Gasteiger partial charge is 0.254 e. The molecule has 4 heteroatoms. The van der Waals surface area contributed by atoms with Crippen LogP contribution in [0.1, 0.15) is 44.6 Å². The number of hydrogen-bond donors (Lipinski definition) is 0. The second kappa shape index (κ2) is 7.21. The summed E-state index contributed by atoms with van der Waals surface area (Å²) in [5, 5.41) is 0. The van der Waals surface area contributed by atoms with E-state index < -0.39 is 17.7 Å². The lowest BCUT2D eigenvalue weighted by Crippen LogP contribution is -2.33. The molecule has 122 valence electrons. The third-order valence-corrected chi connectivity index (χ3v) is 4.50. The van der Waals surface area contributed by atoms with Crippen molar-refractivity contribution in [2.45, 2.75) is 45.0 Å². The van der Waals surface area contributed by atoms with Gasteiger partial charge in [-0.2, -0.15) is 0 Å². The lowest BCUT2D eigenvalue weighted by Gasteiger charge is -2.32. The zero-order valence-corrected chi connectivity index (χ0v) is 13.0. The highest BCUT2D eigenvalue weighted by Gasteiger charge is 2.40. The molecule has 0 atom stereocenters. The number of halogens is 3. The third kappa shape index (κ3) is 4.28. The van der Waals surface area contributed by atoms with E-state index in [9.17, 15) is 13.2 Å². The standard InChI is InChI=1S/C18H23F3O/c1-3-14-6-9-17(16(19)12-14)22-11-10-18(20,21)15-7-4-13(2)5-8-15/h3,6,9,12-13,15H,1,4-5,7-8,10-11H2,2H3. The second-order valence-corrected chi connectivity index (χ2v) is 6.21. The molecule has 0 unspecified atom stereocenters. The first-order valence-corrected chi connectivity index (χ1v) is 7.85. The zero-order valence-electron chi connectivity index (χ0n) is 13.0. The molecule has 1 saturated carbocycles. The van der Waals surface area contributed by atoms with Gasteiger partial charge in [-0.3, -0.25) is 0 Å². The van der Waals surface area contributed by atoms with Gasteiger partial charge >= 0.3 is 0 Å². The van der Waals surface area contributed by atoms with Crippen molar-refractivity contribution in [3.05, 3.63) is 36.2 Å². The lowest BCUT2D eigenvalue weighted by molar-refractivity contribution is -0.0874. The lowest BCUT2D eigenvalue weighted by atomic mass is 9.79. The van der Waals surface area contributed by atoms with Crippen molar-refractivity contribution in [1.29, 1.82) is 0 Å². The van der Waals surface area contributed by atoms with Crippen LogP contribution in [-0.2, 0) is 0 Å². The van der Waals surface area contributed by atoms with Crippen molar-refractivity contribution < 1.29 is 17.9 Å². The van der Waals surface area contributed by atoms with Gasteiger partial charge in [0.2, 0.25) is 0 Å². The molecule has 0 radical (unpaired) electrons. The summed E-state index contributed by atoms with van der Waals surface area (Å²) in [5.41, 5.74) is 0.631. The SMILES string of the molecule is C=Cc1ccc(OCCC(F)(F)C2CCC(C)CC2)c(F)c1. The van der Waals surface area contributed by atoms with Crippen molar-refractivity contribution in [2.24, 2.45) is 11.8 Å². The van der Waals surface area contributed by atoms with Crippen LogP contribution in [0.4, 0.5) is 13.2 Å². The maximum atomic E-state index is 14.2. The van der Waals surface area contributed by atoms with Crippen molar-refractivity contribution >= 4 is 6.08 Å². The Morgan fingerprint density at radius 3 is 2.55 bits per heavy atom. The summed E-state index contributed by atoms with van der Waals surface area (Å²) >= 11 is 0. The summed E-state index contributed by atoms with van der Waals surface area (Å²) in [7, 11) is 0. The molecule has 1 aliphatic carbocycles. The molecule has 0 amide bonds. The van der Waals surface area contributed by atoms with E-state index >= 15 is 0 Å². The summed E-state index contributed by atoms with van der Waals surface area (Å²) in [5.74, 6) is -3.30. The molecule has 0 heterocycles. The van der Waals surface area contributed by atoms with Gasteiger partial charge in [-0.15, -0.1) is 0 Å². The highest BCUT2D eigenvalue weighted by atomic mass is 19.3. The molecule has 1 aromatic carbocycles. The number of ether oxygens (including phenoxy) is 1. The van der Waals surface area contributed by atoms with Crippen LogP contribution in [0.25, 0.3) is 6.08 Å². The molecule has 1 fully saturated rings. The molecule has 1 aliphatic rings. The summed E-state index contributed by atoms with van der Waals surface area (Å²) < 4.78 is 47.2. The first-order chi connectivity index (χ1) is 10.4. The molecule has 1 nitrogen and oxygen atoms in total. The van der Waals surface area contributed by atoms with E-state index in [2.05, 4.69) is 13.5 Å². The average molecular weight is 312 g/mol. The van der Waals surface area contributed by atoms with Gasteiger partial charge in [0.25, 0.3) is 5.92 Å². The predicted molar refractivity (Wildman–Crippen MR) is 82.7 cm³/mol. The Labute approximate surface area is 130 Å². The first-order valence-electron chi connectivity index (χ1n) is 7.85. The molecular weight excluding hydrogens is 289 g/mol. The molecule has 0 N–H and O–H groups in total. The summed E-state index contributed by atoms with van der Waals surface area (Å²) in [4.78, 5) is 0. The molecule has 0 saturated heterocycles. The maximum absolute atomic E-state index is 14.2.